The summed E-state index contributed by atoms with van der Waals surface area (Å²) in [5.41, 5.74) is 1.53. The topological polar surface area (TPSA) is 61.4 Å². The van der Waals surface area contributed by atoms with Gasteiger partial charge in [0, 0.05) is 31.6 Å². The van der Waals surface area contributed by atoms with Gasteiger partial charge in [-0.2, -0.15) is 0 Å². The SMILES string of the molecule is CN(CCC(=O)NC(=O)NCc1ccccc1)Cc1ccccc1F. The lowest BCUT2D eigenvalue weighted by molar-refractivity contribution is -0.120. The van der Waals surface area contributed by atoms with Gasteiger partial charge in [-0.1, -0.05) is 48.5 Å². The van der Waals surface area contributed by atoms with Crippen molar-refractivity contribution in [3.05, 3.63) is 71.5 Å². The molecular formula is C19H22FN3O2. The van der Waals surface area contributed by atoms with Crippen LogP contribution in [0.3, 0.4) is 0 Å². The Morgan fingerprint density at radius 2 is 1.72 bits per heavy atom. The summed E-state index contributed by atoms with van der Waals surface area (Å²) in [6, 6.07) is 15.4. The first kappa shape index (κ1) is 18.6. The van der Waals surface area contributed by atoms with Crippen molar-refractivity contribution < 1.29 is 14.0 Å². The Morgan fingerprint density at radius 1 is 1.04 bits per heavy atom. The first-order valence-electron chi connectivity index (χ1n) is 8.08. The van der Waals surface area contributed by atoms with Gasteiger partial charge in [-0.15, -0.1) is 0 Å². The largest absolute Gasteiger partial charge is 0.334 e. The molecule has 0 heterocycles. The van der Waals surface area contributed by atoms with Crippen molar-refractivity contribution in [2.24, 2.45) is 0 Å². The number of rotatable bonds is 7. The summed E-state index contributed by atoms with van der Waals surface area (Å²) in [6.45, 7) is 1.18. The lowest BCUT2D eigenvalue weighted by Crippen LogP contribution is -2.40. The third-order valence-electron chi connectivity index (χ3n) is 3.67. The van der Waals surface area contributed by atoms with Crippen molar-refractivity contribution in [1.29, 1.82) is 0 Å². The van der Waals surface area contributed by atoms with E-state index in [2.05, 4.69) is 10.6 Å². The molecule has 5 nitrogen and oxygen atoms in total. The monoisotopic (exact) mass is 343 g/mol. The number of hydrogen-bond donors (Lipinski definition) is 2. The van der Waals surface area contributed by atoms with Gasteiger partial charge in [0.15, 0.2) is 0 Å². The van der Waals surface area contributed by atoms with E-state index in [-0.39, 0.29) is 18.1 Å². The van der Waals surface area contributed by atoms with Crippen LogP contribution in [-0.4, -0.2) is 30.4 Å². The molecule has 0 spiro atoms. The van der Waals surface area contributed by atoms with Crippen LogP contribution >= 0.6 is 0 Å². The molecule has 0 aromatic heterocycles. The molecule has 2 N–H and O–H groups in total. The van der Waals surface area contributed by atoms with E-state index in [1.54, 1.807) is 25.2 Å². The maximum absolute atomic E-state index is 13.6. The maximum Gasteiger partial charge on any atom is 0.321 e. The molecule has 0 aliphatic carbocycles. The van der Waals surface area contributed by atoms with E-state index >= 15 is 0 Å². The Balaban J connectivity index is 1.67. The van der Waals surface area contributed by atoms with Crippen LogP contribution < -0.4 is 10.6 Å². The van der Waals surface area contributed by atoms with E-state index < -0.39 is 6.03 Å². The summed E-state index contributed by atoms with van der Waals surface area (Å²) < 4.78 is 13.6. The van der Waals surface area contributed by atoms with Crippen LogP contribution in [0.2, 0.25) is 0 Å². The van der Waals surface area contributed by atoms with Crippen molar-refractivity contribution in [3.63, 3.8) is 0 Å². The predicted molar refractivity (Wildman–Crippen MR) is 94.2 cm³/mol. The van der Waals surface area contributed by atoms with Gasteiger partial charge in [-0.05, 0) is 18.7 Å². The Morgan fingerprint density at radius 3 is 2.44 bits per heavy atom. The quantitative estimate of drug-likeness (QED) is 0.812. The summed E-state index contributed by atoms with van der Waals surface area (Å²) in [5.74, 6) is -0.634. The molecule has 0 bridgehead atoms. The molecule has 6 heteroatoms. The van der Waals surface area contributed by atoms with Crippen LogP contribution in [0.4, 0.5) is 9.18 Å². The molecule has 0 atom stereocenters. The summed E-state index contributed by atoms with van der Waals surface area (Å²) in [4.78, 5) is 25.4. The van der Waals surface area contributed by atoms with Gasteiger partial charge < -0.3 is 10.2 Å². The molecule has 2 aromatic carbocycles. The van der Waals surface area contributed by atoms with Crippen molar-refractivity contribution >= 4 is 11.9 Å². The number of nitrogens with zero attached hydrogens (tertiary/aromatic N) is 1. The Labute approximate surface area is 146 Å². The van der Waals surface area contributed by atoms with E-state index in [1.807, 2.05) is 35.2 Å². The summed E-state index contributed by atoms with van der Waals surface area (Å²) in [7, 11) is 1.80. The fraction of sp³-hybridized carbons (Fsp3) is 0.263. The Hall–Kier alpha value is -2.73. The average Bonchev–Trinajstić information content (AvgIpc) is 2.61. The van der Waals surface area contributed by atoms with Crippen LogP contribution in [0.1, 0.15) is 17.5 Å². The molecule has 3 amide bonds. The van der Waals surface area contributed by atoms with E-state index in [0.29, 0.717) is 25.2 Å². The summed E-state index contributed by atoms with van der Waals surface area (Å²) >= 11 is 0. The van der Waals surface area contributed by atoms with Gasteiger partial charge in [0.05, 0.1) is 0 Å². The number of benzene rings is 2. The second-order valence-corrected chi connectivity index (χ2v) is 5.80. The molecule has 0 aliphatic heterocycles. The van der Waals surface area contributed by atoms with Gasteiger partial charge in [0.2, 0.25) is 5.91 Å². The second-order valence-electron chi connectivity index (χ2n) is 5.80. The lowest BCUT2D eigenvalue weighted by atomic mass is 10.2. The third kappa shape index (κ3) is 6.73. The Kier molecular flexibility index (Phi) is 7.10. The molecule has 2 rings (SSSR count). The van der Waals surface area contributed by atoms with Crippen LogP contribution in [0.25, 0.3) is 0 Å². The molecule has 0 aliphatic rings. The number of carbonyl (C=O) groups is 2. The fourth-order valence-corrected chi connectivity index (χ4v) is 2.30. The Bertz CT molecular complexity index is 707. The van der Waals surface area contributed by atoms with Gasteiger partial charge in [0.25, 0.3) is 0 Å². The predicted octanol–water partition coefficient (Wildman–Crippen LogP) is 2.67. The lowest BCUT2D eigenvalue weighted by Gasteiger charge is -2.16. The normalized spacial score (nSPS) is 10.5. The molecule has 0 saturated carbocycles. The zero-order valence-electron chi connectivity index (χ0n) is 14.2. The first-order chi connectivity index (χ1) is 12.0. The van der Waals surface area contributed by atoms with Crippen LogP contribution in [0, 0.1) is 5.82 Å². The minimum atomic E-state index is -0.523. The van der Waals surface area contributed by atoms with E-state index in [4.69, 9.17) is 0 Å². The molecule has 0 radical (unpaired) electrons. The number of imide groups is 1. The molecular weight excluding hydrogens is 321 g/mol. The van der Waals surface area contributed by atoms with Gasteiger partial charge in [0.1, 0.15) is 5.82 Å². The molecule has 25 heavy (non-hydrogen) atoms. The number of nitrogens with one attached hydrogen (secondary N) is 2. The van der Waals surface area contributed by atoms with Crippen molar-refractivity contribution in [2.45, 2.75) is 19.5 Å². The number of halogens is 1. The second kappa shape index (κ2) is 9.54. The minimum absolute atomic E-state index is 0.156. The molecule has 0 fully saturated rings. The summed E-state index contributed by atoms with van der Waals surface area (Å²) in [5, 5.41) is 4.92. The highest BCUT2D eigenvalue weighted by atomic mass is 19.1. The van der Waals surface area contributed by atoms with Gasteiger partial charge in [-0.3, -0.25) is 10.1 Å². The maximum atomic E-state index is 13.6. The van der Waals surface area contributed by atoms with Crippen molar-refractivity contribution in [1.82, 2.24) is 15.5 Å². The van der Waals surface area contributed by atoms with Crippen LogP contribution in [0.5, 0.6) is 0 Å². The zero-order chi connectivity index (χ0) is 18.1. The van der Waals surface area contributed by atoms with Crippen LogP contribution in [0.15, 0.2) is 54.6 Å². The molecule has 0 unspecified atom stereocenters. The van der Waals surface area contributed by atoms with Gasteiger partial charge in [-0.25, -0.2) is 9.18 Å². The van der Waals surface area contributed by atoms with E-state index in [9.17, 15) is 14.0 Å². The first-order valence-corrected chi connectivity index (χ1v) is 8.08. The highest BCUT2D eigenvalue weighted by molar-refractivity contribution is 5.94. The molecule has 132 valence electrons. The third-order valence-corrected chi connectivity index (χ3v) is 3.67. The van der Waals surface area contributed by atoms with E-state index in [1.165, 1.54) is 6.07 Å². The smallest absolute Gasteiger partial charge is 0.321 e. The minimum Gasteiger partial charge on any atom is -0.334 e. The summed E-state index contributed by atoms with van der Waals surface area (Å²) in [6.07, 6.45) is 0.156. The number of carbonyl (C=O) groups excluding carboxylic acids is 2. The highest BCUT2D eigenvalue weighted by Crippen LogP contribution is 2.08. The van der Waals surface area contributed by atoms with Gasteiger partial charge >= 0.3 is 6.03 Å². The number of amides is 3. The number of urea groups is 1. The molecule has 2 aromatic rings. The highest BCUT2D eigenvalue weighted by Gasteiger charge is 2.10. The molecule has 0 saturated heterocycles. The fourth-order valence-electron chi connectivity index (χ4n) is 2.30. The zero-order valence-corrected chi connectivity index (χ0v) is 14.2. The number of hydrogen-bond acceptors (Lipinski definition) is 3. The van der Waals surface area contributed by atoms with E-state index in [0.717, 1.165) is 5.56 Å². The average molecular weight is 343 g/mol. The van der Waals surface area contributed by atoms with Crippen molar-refractivity contribution in [3.8, 4) is 0 Å². The standard InChI is InChI=1S/C19H22FN3O2/c1-23(14-16-9-5-6-10-17(16)20)12-11-18(24)22-19(25)21-13-15-7-3-2-4-8-15/h2-10H,11-14H2,1H3,(H2,21,22,24,25). The van der Waals surface area contributed by atoms with Crippen LogP contribution in [-0.2, 0) is 17.9 Å². The van der Waals surface area contributed by atoms with Crippen molar-refractivity contribution in [2.75, 3.05) is 13.6 Å².